The molecule has 0 aliphatic carbocycles. The molecule has 0 aromatic heterocycles. The smallest absolute Gasteiger partial charge is 0.303 e. The highest BCUT2D eigenvalue weighted by Gasteiger charge is 2.31. The van der Waals surface area contributed by atoms with E-state index in [0.717, 1.165) is 12.3 Å². The largest absolute Gasteiger partial charge is 0.481 e. The monoisotopic (exact) mass is 197 g/mol. The Labute approximate surface area is 85.1 Å². The van der Waals surface area contributed by atoms with Crippen LogP contribution in [0.3, 0.4) is 0 Å². The number of nitrogens with zero attached hydrogens (tertiary/aromatic N) is 1. The molecule has 14 heavy (non-hydrogen) atoms. The quantitative estimate of drug-likeness (QED) is 0.746. The maximum absolute atomic E-state index is 10.5. The number of hydrogen-bond donors (Lipinski definition) is 1. The number of aliphatic carboxylic acids is 1. The number of rotatable bonds is 3. The van der Waals surface area contributed by atoms with E-state index in [-0.39, 0.29) is 0 Å². The molecule has 1 N–H and O–H groups in total. The van der Waals surface area contributed by atoms with E-state index in [4.69, 9.17) is 5.11 Å². The van der Waals surface area contributed by atoms with Crippen molar-refractivity contribution in [2.45, 2.75) is 32.1 Å². The van der Waals surface area contributed by atoms with Crippen LogP contribution < -0.4 is 0 Å². The number of carboxylic acid groups (broad SMARTS) is 1. The predicted molar refractivity (Wildman–Crippen MR) is 54.1 cm³/mol. The van der Waals surface area contributed by atoms with Crippen molar-refractivity contribution in [3.05, 3.63) is 0 Å². The number of piperidine rings is 2. The van der Waals surface area contributed by atoms with Crippen LogP contribution in [0.4, 0.5) is 0 Å². The van der Waals surface area contributed by atoms with E-state index in [9.17, 15) is 4.79 Å². The Morgan fingerprint density at radius 2 is 2.21 bits per heavy atom. The van der Waals surface area contributed by atoms with Gasteiger partial charge in [0, 0.05) is 13.0 Å². The van der Waals surface area contributed by atoms with E-state index in [1.807, 2.05) is 0 Å². The molecule has 0 amide bonds. The summed E-state index contributed by atoms with van der Waals surface area (Å²) in [4.78, 5) is 13.0. The molecule has 2 bridgehead atoms. The van der Waals surface area contributed by atoms with Crippen LogP contribution >= 0.6 is 0 Å². The van der Waals surface area contributed by atoms with Crippen LogP contribution in [-0.4, -0.2) is 35.6 Å². The Hall–Kier alpha value is -0.570. The van der Waals surface area contributed by atoms with Gasteiger partial charge in [-0.15, -0.1) is 0 Å². The van der Waals surface area contributed by atoms with Gasteiger partial charge in [-0.1, -0.05) is 0 Å². The molecule has 3 unspecified atom stereocenters. The van der Waals surface area contributed by atoms with Crippen LogP contribution in [-0.2, 0) is 4.79 Å². The van der Waals surface area contributed by atoms with Gasteiger partial charge < -0.3 is 10.0 Å². The fourth-order valence-corrected chi connectivity index (χ4v) is 2.95. The summed E-state index contributed by atoms with van der Waals surface area (Å²) in [5, 5.41) is 8.66. The first-order chi connectivity index (χ1) is 6.75. The van der Waals surface area contributed by atoms with E-state index in [1.54, 1.807) is 0 Å². The zero-order valence-corrected chi connectivity index (χ0v) is 8.61. The molecule has 0 aromatic rings. The van der Waals surface area contributed by atoms with E-state index in [0.29, 0.717) is 12.3 Å². The molecule has 2 aliphatic rings. The lowest BCUT2D eigenvalue weighted by atomic mass is 9.77. The first kappa shape index (κ1) is 9.97. The third-order valence-electron chi connectivity index (χ3n) is 3.75. The Balaban J connectivity index is 1.83. The fraction of sp³-hybridized carbons (Fsp3) is 0.909. The first-order valence-corrected chi connectivity index (χ1v) is 5.70. The molecule has 0 radical (unpaired) electrons. The molecule has 2 heterocycles. The van der Waals surface area contributed by atoms with Crippen molar-refractivity contribution in [3.63, 3.8) is 0 Å². The number of carboxylic acids is 1. The lowest BCUT2D eigenvalue weighted by molar-refractivity contribution is -0.137. The second-order valence-corrected chi connectivity index (χ2v) is 4.68. The second kappa shape index (κ2) is 4.30. The molecule has 80 valence electrons. The topological polar surface area (TPSA) is 40.5 Å². The average Bonchev–Trinajstić information content (AvgIpc) is 2.17. The van der Waals surface area contributed by atoms with Crippen molar-refractivity contribution in [1.29, 1.82) is 0 Å². The van der Waals surface area contributed by atoms with E-state index < -0.39 is 5.97 Å². The molecule has 3 atom stereocenters. The van der Waals surface area contributed by atoms with Crippen molar-refractivity contribution >= 4 is 5.97 Å². The van der Waals surface area contributed by atoms with Crippen LogP contribution in [0, 0.1) is 11.8 Å². The van der Waals surface area contributed by atoms with Crippen molar-refractivity contribution in [2.24, 2.45) is 11.8 Å². The van der Waals surface area contributed by atoms with Gasteiger partial charge in [-0.3, -0.25) is 4.79 Å². The molecule has 2 aliphatic heterocycles. The maximum Gasteiger partial charge on any atom is 0.303 e. The molecular formula is C11H19NO2. The van der Waals surface area contributed by atoms with Crippen LogP contribution in [0.2, 0.25) is 0 Å². The summed E-state index contributed by atoms with van der Waals surface area (Å²) in [5.74, 6) is 0.836. The van der Waals surface area contributed by atoms with Gasteiger partial charge in [0.05, 0.1) is 0 Å². The van der Waals surface area contributed by atoms with E-state index >= 15 is 0 Å². The van der Waals surface area contributed by atoms with E-state index in [1.165, 1.54) is 38.9 Å². The molecule has 0 saturated carbocycles. The number of fused-ring (bicyclic) bond motifs is 2. The summed E-state index contributed by atoms with van der Waals surface area (Å²) in [6, 6.07) is 0. The van der Waals surface area contributed by atoms with Crippen molar-refractivity contribution < 1.29 is 9.90 Å². The average molecular weight is 197 g/mol. The summed E-state index contributed by atoms with van der Waals surface area (Å²) in [6.07, 6.45) is 5.11. The normalized spacial score (nSPS) is 36.7. The molecule has 2 fully saturated rings. The summed E-state index contributed by atoms with van der Waals surface area (Å²) in [5.41, 5.74) is 0. The zero-order chi connectivity index (χ0) is 9.97. The highest BCUT2D eigenvalue weighted by atomic mass is 16.4. The third-order valence-corrected chi connectivity index (χ3v) is 3.75. The van der Waals surface area contributed by atoms with Gasteiger partial charge in [-0.2, -0.15) is 0 Å². The molecule has 2 saturated heterocycles. The van der Waals surface area contributed by atoms with Gasteiger partial charge in [-0.25, -0.2) is 0 Å². The highest BCUT2D eigenvalue weighted by molar-refractivity contribution is 5.66. The van der Waals surface area contributed by atoms with Gasteiger partial charge in [0.15, 0.2) is 0 Å². The SMILES string of the molecule is O=C(O)CCC1CCN2CCCC1C2. The molecule has 3 nitrogen and oxygen atoms in total. The zero-order valence-electron chi connectivity index (χ0n) is 8.61. The third kappa shape index (κ3) is 2.27. The molecule has 0 spiro atoms. The van der Waals surface area contributed by atoms with Crippen LogP contribution in [0.15, 0.2) is 0 Å². The lowest BCUT2D eigenvalue weighted by Gasteiger charge is -2.42. The predicted octanol–water partition coefficient (Wildman–Crippen LogP) is 1.58. The second-order valence-electron chi connectivity index (χ2n) is 4.68. The van der Waals surface area contributed by atoms with Crippen LogP contribution in [0.1, 0.15) is 32.1 Å². The highest BCUT2D eigenvalue weighted by Crippen LogP contribution is 2.33. The minimum Gasteiger partial charge on any atom is -0.481 e. The van der Waals surface area contributed by atoms with Gasteiger partial charge >= 0.3 is 5.97 Å². The summed E-state index contributed by atoms with van der Waals surface area (Å²) in [7, 11) is 0. The van der Waals surface area contributed by atoms with Crippen LogP contribution in [0.5, 0.6) is 0 Å². The summed E-state index contributed by atoms with van der Waals surface area (Å²) >= 11 is 0. The Kier molecular flexibility index (Phi) is 3.06. The van der Waals surface area contributed by atoms with E-state index in [2.05, 4.69) is 4.90 Å². The standard InChI is InChI=1S/C11H19NO2/c13-11(14)4-3-9-5-7-12-6-1-2-10(9)8-12/h9-10H,1-8H2,(H,13,14). The number of carbonyl (C=O) groups is 1. The minimum absolute atomic E-state index is 0.362. The Morgan fingerprint density at radius 1 is 1.36 bits per heavy atom. The molecule has 2 rings (SSSR count). The lowest BCUT2D eigenvalue weighted by Crippen LogP contribution is -2.44. The van der Waals surface area contributed by atoms with Crippen molar-refractivity contribution in [2.75, 3.05) is 19.6 Å². The molecule has 3 heteroatoms. The minimum atomic E-state index is -0.636. The van der Waals surface area contributed by atoms with Gasteiger partial charge in [-0.05, 0) is 50.6 Å². The molecular weight excluding hydrogens is 178 g/mol. The Bertz CT molecular complexity index is 217. The first-order valence-electron chi connectivity index (χ1n) is 5.70. The summed E-state index contributed by atoms with van der Waals surface area (Å²) in [6.45, 7) is 3.69. The van der Waals surface area contributed by atoms with Gasteiger partial charge in [0.25, 0.3) is 0 Å². The Morgan fingerprint density at radius 3 is 3.00 bits per heavy atom. The molecule has 0 aromatic carbocycles. The maximum atomic E-state index is 10.5. The van der Waals surface area contributed by atoms with Gasteiger partial charge in [0.2, 0.25) is 0 Å². The fourth-order valence-electron chi connectivity index (χ4n) is 2.95. The van der Waals surface area contributed by atoms with Crippen molar-refractivity contribution in [1.82, 2.24) is 4.90 Å². The van der Waals surface area contributed by atoms with Crippen molar-refractivity contribution in [3.8, 4) is 0 Å². The number of hydrogen-bond acceptors (Lipinski definition) is 2. The summed E-state index contributed by atoms with van der Waals surface area (Å²) < 4.78 is 0. The van der Waals surface area contributed by atoms with Gasteiger partial charge in [0.1, 0.15) is 0 Å². The van der Waals surface area contributed by atoms with Crippen LogP contribution in [0.25, 0.3) is 0 Å².